The number of halogens is 2. The Morgan fingerprint density at radius 1 is 1.11 bits per heavy atom. The largest absolute Gasteiger partial charge is 0.456 e. The van der Waals surface area contributed by atoms with Crippen LogP contribution in [0.5, 0.6) is 11.5 Å². The van der Waals surface area contributed by atoms with Crippen LogP contribution in [0.2, 0.25) is 0 Å². The fourth-order valence-corrected chi connectivity index (χ4v) is 2.46. The molecule has 0 unspecified atom stereocenters. The van der Waals surface area contributed by atoms with Crippen molar-refractivity contribution in [3.63, 3.8) is 0 Å². The van der Waals surface area contributed by atoms with Gasteiger partial charge in [-0.2, -0.15) is 5.26 Å². The normalized spacial score (nSPS) is 10.1. The predicted octanol–water partition coefficient (Wildman–Crippen LogP) is 5.49. The second-order valence-electron chi connectivity index (χ2n) is 4.20. The van der Waals surface area contributed by atoms with Gasteiger partial charge < -0.3 is 4.74 Å². The van der Waals surface area contributed by atoms with E-state index >= 15 is 0 Å². The van der Waals surface area contributed by atoms with Gasteiger partial charge in [-0.25, -0.2) is 0 Å². The molecule has 0 N–H and O–H groups in total. The topological polar surface area (TPSA) is 33.0 Å². The third kappa shape index (κ3) is 2.99. The summed E-state index contributed by atoms with van der Waals surface area (Å²) in [7, 11) is 0. The smallest absolute Gasteiger partial charge is 0.146 e. The molecule has 0 spiro atoms. The third-order valence-corrected chi connectivity index (χ3v) is 4.64. The minimum absolute atomic E-state index is 0.501. The van der Waals surface area contributed by atoms with Crippen molar-refractivity contribution in [1.29, 1.82) is 5.26 Å². The van der Waals surface area contributed by atoms with Crippen molar-refractivity contribution in [1.82, 2.24) is 0 Å². The molecule has 0 fully saturated rings. The summed E-state index contributed by atoms with van der Waals surface area (Å²) in [6, 6.07) is 11.5. The van der Waals surface area contributed by atoms with Gasteiger partial charge in [-0.05, 0) is 65.2 Å². The van der Waals surface area contributed by atoms with E-state index in [4.69, 9.17) is 10.00 Å². The van der Waals surface area contributed by atoms with Gasteiger partial charge in [0.2, 0.25) is 0 Å². The molecule has 0 aliphatic carbocycles. The summed E-state index contributed by atoms with van der Waals surface area (Å²) < 4.78 is 7.64. The summed E-state index contributed by atoms with van der Waals surface area (Å²) in [5.41, 5.74) is 2.70. The zero-order valence-corrected chi connectivity index (χ0v) is 13.7. The number of ether oxygens (including phenoxy) is 1. The lowest BCUT2D eigenvalue weighted by Gasteiger charge is -2.11. The summed E-state index contributed by atoms with van der Waals surface area (Å²) in [6.45, 7) is 4.02. The van der Waals surface area contributed by atoms with Gasteiger partial charge in [0, 0.05) is 8.95 Å². The van der Waals surface area contributed by atoms with Crippen LogP contribution in [-0.4, -0.2) is 0 Å². The Morgan fingerprint density at radius 3 is 2.32 bits per heavy atom. The molecule has 2 rings (SSSR count). The highest BCUT2D eigenvalue weighted by molar-refractivity contribution is 9.10. The molecule has 2 aromatic carbocycles. The Balaban J connectivity index is 2.43. The van der Waals surface area contributed by atoms with Crippen LogP contribution in [0.3, 0.4) is 0 Å². The minimum Gasteiger partial charge on any atom is -0.456 e. The summed E-state index contributed by atoms with van der Waals surface area (Å²) >= 11 is 6.87. The average molecular weight is 381 g/mol. The maximum Gasteiger partial charge on any atom is 0.146 e. The molecule has 0 saturated heterocycles. The molecule has 0 heterocycles. The van der Waals surface area contributed by atoms with Crippen molar-refractivity contribution in [3.05, 3.63) is 56.0 Å². The molecular formula is C15H11Br2NO. The van der Waals surface area contributed by atoms with Gasteiger partial charge in [0.15, 0.2) is 0 Å². The first-order chi connectivity index (χ1) is 9.02. The maximum absolute atomic E-state index is 9.16. The Hall–Kier alpha value is -1.31. The van der Waals surface area contributed by atoms with E-state index < -0.39 is 0 Å². The van der Waals surface area contributed by atoms with Crippen LogP contribution in [0, 0.1) is 25.2 Å². The number of rotatable bonds is 2. The summed E-state index contributed by atoms with van der Waals surface area (Å²) in [5, 5.41) is 9.16. The van der Waals surface area contributed by atoms with Gasteiger partial charge in [0.1, 0.15) is 23.1 Å². The summed E-state index contributed by atoms with van der Waals surface area (Å²) in [6.07, 6.45) is 0. The van der Waals surface area contributed by atoms with Gasteiger partial charge >= 0.3 is 0 Å². The molecule has 0 aliphatic heterocycles. The Bertz CT molecular complexity index is 651. The Morgan fingerprint density at radius 2 is 1.74 bits per heavy atom. The lowest BCUT2D eigenvalue weighted by atomic mass is 10.1. The van der Waals surface area contributed by atoms with Crippen molar-refractivity contribution < 1.29 is 4.74 Å². The quantitative estimate of drug-likeness (QED) is 0.689. The lowest BCUT2D eigenvalue weighted by Crippen LogP contribution is -1.91. The lowest BCUT2D eigenvalue weighted by molar-refractivity contribution is 0.480. The van der Waals surface area contributed by atoms with Crippen molar-refractivity contribution in [2.75, 3.05) is 0 Å². The number of nitrogens with zero attached hydrogens (tertiary/aromatic N) is 1. The molecule has 0 bridgehead atoms. The summed E-state index contributed by atoms with van der Waals surface area (Å²) in [4.78, 5) is 0. The first kappa shape index (κ1) is 14.1. The molecule has 2 aromatic rings. The molecule has 0 radical (unpaired) electrons. The van der Waals surface area contributed by atoms with E-state index in [1.807, 2.05) is 38.1 Å². The van der Waals surface area contributed by atoms with E-state index in [9.17, 15) is 0 Å². The van der Waals surface area contributed by atoms with Crippen molar-refractivity contribution >= 4 is 31.9 Å². The van der Waals surface area contributed by atoms with Crippen LogP contribution >= 0.6 is 31.9 Å². The first-order valence-electron chi connectivity index (χ1n) is 5.66. The number of hydrogen-bond acceptors (Lipinski definition) is 2. The molecule has 96 valence electrons. The van der Waals surface area contributed by atoms with E-state index in [-0.39, 0.29) is 0 Å². The van der Waals surface area contributed by atoms with Crippen LogP contribution in [-0.2, 0) is 0 Å². The molecule has 19 heavy (non-hydrogen) atoms. The van der Waals surface area contributed by atoms with Crippen molar-refractivity contribution in [2.24, 2.45) is 0 Å². The monoisotopic (exact) mass is 379 g/mol. The highest BCUT2D eigenvalue weighted by atomic mass is 79.9. The van der Waals surface area contributed by atoms with E-state index in [2.05, 4.69) is 37.9 Å². The van der Waals surface area contributed by atoms with Crippen molar-refractivity contribution in [3.8, 4) is 17.6 Å². The van der Waals surface area contributed by atoms with Gasteiger partial charge in [0.05, 0.1) is 0 Å². The van der Waals surface area contributed by atoms with Crippen LogP contribution in [0.1, 0.15) is 16.7 Å². The molecule has 4 heteroatoms. The average Bonchev–Trinajstić information content (AvgIpc) is 2.36. The van der Waals surface area contributed by atoms with Gasteiger partial charge in [-0.3, -0.25) is 0 Å². The van der Waals surface area contributed by atoms with Gasteiger partial charge in [-0.1, -0.05) is 22.0 Å². The Labute approximate surface area is 129 Å². The van der Waals surface area contributed by atoms with Gasteiger partial charge in [0.25, 0.3) is 0 Å². The van der Waals surface area contributed by atoms with Crippen LogP contribution in [0.4, 0.5) is 0 Å². The standard InChI is InChI=1S/C15H11Br2NO/c1-9-6-11(7-10(2)15(9)17)19-14-5-3-4-13(16)12(14)8-18/h3-7H,1-2H3. The predicted molar refractivity (Wildman–Crippen MR) is 82.5 cm³/mol. The highest BCUT2D eigenvalue weighted by Crippen LogP contribution is 2.33. The van der Waals surface area contributed by atoms with E-state index in [0.717, 1.165) is 25.8 Å². The molecule has 0 aliphatic rings. The fourth-order valence-electron chi connectivity index (χ4n) is 1.79. The molecule has 2 nitrogen and oxygen atoms in total. The molecule has 0 atom stereocenters. The van der Waals surface area contributed by atoms with E-state index in [1.165, 1.54) is 0 Å². The number of benzene rings is 2. The highest BCUT2D eigenvalue weighted by Gasteiger charge is 2.10. The van der Waals surface area contributed by atoms with Crippen LogP contribution in [0.25, 0.3) is 0 Å². The molecule has 0 amide bonds. The molecule has 0 aromatic heterocycles. The Kier molecular flexibility index (Phi) is 4.28. The maximum atomic E-state index is 9.16. The second-order valence-corrected chi connectivity index (χ2v) is 5.85. The number of aryl methyl sites for hydroxylation is 2. The van der Waals surface area contributed by atoms with E-state index in [1.54, 1.807) is 6.07 Å². The summed E-state index contributed by atoms with van der Waals surface area (Å²) in [5.74, 6) is 1.28. The molecular weight excluding hydrogens is 370 g/mol. The van der Waals surface area contributed by atoms with Crippen molar-refractivity contribution in [2.45, 2.75) is 13.8 Å². The molecule has 0 saturated carbocycles. The van der Waals surface area contributed by atoms with E-state index in [0.29, 0.717) is 11.3 Å². The van der Waals surface area contributed by atoms with Crippen LogP contribution in [0.15, 0.2) is 39.3 Å². The third-order valence-electron chi connectivity index (χ3n) is 2.72. The SMILES string of the molecule is Cc1cc(Oc2cccc(Br)c2C#N)cc(C)c1Br. The van der Waals surface area contributed by atoms with Crippen LogP contribution < -0.4 is 4.74 Å². The van der Waals surface area contributed by atoms with Gasteiger partial charge in [-0.15, -0.1) is 0 Å². The first-order valence-corrected chi connectivity index (χ1v) is 7.24. The minimum atomic E-state index is 0.501. The second kappa shape index (κ2) is 5.77. The number of hydrogen-bond donors (Lipinski definition) is 0. The fraction of sp³-hybridized carbons (Fsp3) is 0.133. The zero-order chi connectivity index (χ0) is 14.0. The zero-order valence-electron chi connectivity index (χ0n) is 10.5. The number of nitriles is 1.